The molecule has 0 bridgehead atoms. The fourth-order valence-electron chi connectivity index (χ4n) is 0.342. The van der Waals surface area contributed by atoms with E-state index in [0.29, 0.717) is 12.1 Å². The SMILES string of the molecule is C=CC/C(N)=C/C=N. The number of allylic oxidation sites excluding steroid dienone is 2. The molecule has 2 heteroatoms. The lowest BCUT2D eigenvalue weighted by atomic mass is 10.3. The zero-order chi connectivity index (χ0) is 6.41. The maximum Gasteiger partial charge on any atom is 0.0194 e. The van der Waals surface area contributed by atoms with Crippen molar-refractivity contribution in [3.8, 4) is 0 Å². The second-order valence-corrected chi connectivity index (χ2v) is 1.40. The molecule has 0 saturated carbocycles. The van der Waals surface area contributed by atoms with E-state index >= 15 is 0 Å². The Kier molecular flexibility index (Phi) is 3.58. The molecule has 0 aliphatic rings. The number of nitrogens with one attached hydrogen (secondary N) is 1. The lowest BCUT2D eigenvalue weighted by molar-refractivity contribution is 1.18. The van der Waals surface area contributed by atoms with Crippen molar-refractivity contribution >= 4 is 6.21 Å². The van der Waals surface area contributed by atoms with E-state index in [4.69, 9.17) is 11.1 Å². The van der Waals surface area contributed by atoms with Crippen LogP contribution in [0.1, 0.15) is 6.42 Å². The van der Waals surface area contributed by atoms with Crippen LogP contribution in [0.3, 0.4) is 0 Å². The van der Waals surface area contributed by atoms with Gasteiger partial charge in [0.15, 0.2) is 0 Å². The predicted molar refractivity (Wildman–Crippen MR) is 35.9 cm³/mol. The van der Waals surface area contributed by atoms with E-state index in [1.165, 1.54) is 6.21 Å². The monoisotopic (exact) mass is 110 g/mol. The third-order valence-corrected chi connectivity index (χ3v) is 0.677. The second kappa shape index (κ2) is 4.12. The molecule has 0 amide bonds. The van der Waals surface area contributed by atoms with Crippen molar-refractivity contribution < 1.29 is 0 Å². The predicted octanol–water partition coefficient (Wildman–Crippen LogP) is 1.05. The molecule has 8 heavy (non-hydrogen) atoms. The van der Waals surface area contributed by atoms with Crippen LogP contribution in [-0.4, -0.2) is 6.21 Å². The normalized spacial score (nSPS) is 10.8. The van der Waals surface area contributed by atoms with Crippen molar-refractivity contribution in [2.75, 3.05) is 0 Å². The zero-order valence-electron chi connectivity index (χ0n) is 4.72. The molecule has 0 aromatic rings. The van der Waals surface area contributed by atoms with Gasteiger partial charge in [-0.2, -0.15) is 0 Å². The van der Waals surface area contributed by atoms with Crippen LogP contribution in [0.15, 0.2) is 24.4 Å². The summed E-state index contributed by atoms with van der Waals surface area (Å²) in [6.45, 7) is 3.49. The number of rotatable bonds is 3. The maximum absolute atomic E-state index is 6.60. The Morgan fingerprint density at radius 1 is 1.75 bits per heavy atom. The Morgan fingerprint density at radius 3 is 2.75 bits per heavy atom. The van der Waals surface area contributed by atoms with Gasteiger partial charge in [-0.1, -0.05) is 6.08 Å². The average Bonchev–Trinajstić information content (AvgIpc) is 1.68. The minimum Gasteiger partial charge on any atom is -0.402 e. The first-order chi connectivity index (χ1) is 3.81. The highest BCUT2D eigenvalue weighted by molar-refractivity contribution is 5.68. The van der Waals surface area contributed by atoms with Gasteiger partial charge in [-0.25, -0.2) is 0 Å². The lowest BCUT2D eigenvalue weighted by Gasteiger charge is -1.88. The molecule has 0 atom stereocenters. The standard InChI is InChI=1S/C6H10N2/c1-2-3-6(8)4-5-7/h2,4-5,7H,1,3,8H2/b6-4-,7-5?. The van der Waals surface area contributed by atoms with E-state index in [1.807, 2.05) is 0 Å². The Labute approximate surface area is 49.2 Å². The summed E-state index contributed by atoms with van der Waals surface area (Å²) in [5, 5.41) is 6.60. The molecule has 0 radical (unpaired) electrons. The van der Waals surface area contributed by atoms with Crippen LogP contribution in [0.25, 0.3) is 0 Å². The minimum absolute atomic E-state index is 0.662. The Hall–Kier alpha value is -1.05. The number of hydrogen-bond donors (Lipinski definition) is 2. The van der Waals surface area contributed by atoms with Gasteiger partial charge in [0, 0.05) is 18.3 Å². The molecule has 44 valence electrons. The molecule has 0 spiro atoms. The molecule has 0 fully saturated rings. The van der Waals surface area contributed by atoms with Crippen LogP contribution < -0.4 is 5.73 Å². The summed E-state index contributed by atoms with van der Waals surface area (Å²) in [6.07, 6.45) is 5.07. The van der Waals surface area contributed by atoms with Crippen LogP contribution in [-0.2, 0) is 0 Å². The van der Waals surface area contributed by atoms with E-state index in [2.05, 4.69) is 6.58 Å². The van der Waals surface area contributed by atoms with Gasteiger partial charge in [-0.05, 0) is 6.08 Å². The summed E-state index contributed by atoms with van der Waals surface area (Å²) in [6, 6.07) is 0. The Balaban J connectivity index is 3.60. The maximum atomic E-state index is 6.60. The van der Waals surface area contributed by atoms with E-state index in [9.17, 15) is 0 Å². The van der Waals surface area contributed by atoms with Crippen molar-refractivity contribution in [2.45, 2.75) is 6.42 Å². The first kappa shape index (κ1) is 6.95. The van der Waals surface area contributed by atoms with Crippen LogP contribution >= 0.6 is 0 Å². The molecule has 3 N–H and O–H groups in total. The Bertz CT molecular complexity index is 114. The van der Waals surface area contributed by atoms with E-state index < -0.39 is 0 Å². The number of nitrogens with two attached hydrogens (primary N) is 1. The molecular formula is C6H10N2. The van der Waals surface area contributed by atoms with Crippen molar-refractivity contribution in [3.63, 3.8) is 0 Å². The highest BCUT2D eigenvalue weighted by Gasteiger charge is 1.78. The molecule has 0 aromatic carbocycles. The zero-order valence-corrected chi connectivity index (χ0v) is 4.72. The fourth-order valence-corrected chi connectivity index (χ4v) is 0.342. The summed E-state index contributed by atoms with van der Waals surface area (Å²) in [5.41, 5.74) is 6.01. The molecule has 0 aliphatic carbocycles. The molecule has 0 saturated heterocycles. The molecule has 0 unspecified atom stereocenters. The molecule has 0 aliphatic heterocycles. The van der Waals surface area contributed by atoms with Gasteiger partial charge in [-0.15, -0.1) is 6.58 Å². The minimum atomic E-state index is 0.662. The summed E-state index contributed by atoms with van der Waals surface area (Å²) in [4.78, 5) is 0. The summed E-state index contributed by atoms with van der Waals surface area (Å²) in [7, 11) is 0. The molecular weight excluding hydrogens is 100 g/mol. The van der Waals surface area contributed by atoms with Crippen molar-refractivity contribution in [2.24, 2.45) is 5.73 Å². The molecule has 0 heterocycles. The fraction of sp³-hybridized carbons (Fsp3) is 0.167. The van der Waals surface area contributed by atoms with Gasteiger partial charge < -0.3 is 11.1 Å². The van der Waals surface area contributed by atoms with Crippen LogP contribution in [0.2, 0.25) is 0 Å². The lowest BCUT2D eigenvalue weighted by Crippen LogP contribution is -1.94. The van der Waals surface area contributed by atoms with Gasteiger partial charge in [0.05, 0.1) is 0 Å². The first-order valence-corrected chi connectivity index (χ1v) is 2.37. The third-order valence-electron chi connectivity index (χ3n) is 0.677. The van der Waals surface area contributed by atoms with Gasteiger partial charge in [0.25, 0.3) is 0 Å². The third kappa shape index (κ3) is 3.15. The van der Waals surface area contributed by atoms with Gasteiger partial charge in [-0.3, -0.25) is 0 Å². The number of hydrogen-bond acceptors (Lipinski definition) is 2. The van der Waals surface area contributed by atoms with Crippen LogP contribution in [0, 0.1) is 5.41 Å². The van der Waals surface area contributed by atoms with Gasteiger partial charge >= 0.3 is 0 Å². The van der Waals surface area contributed by atoms with E-state index in [1.54, 1.807) is 12.2 Å². The topological polar surface area (TPSA) is 49.9 Å². The summed E-state index contributed by atoms with van der Waals surface area (Å²) >= 11 is 0. The van der Waals surface area contributed by atoms with E-state index in [0.717, 1.165) is 0 Å². The molecule has 2 nitrogen and oxygen atoms in total. The summed E-state index contributed by atoms with van der Waals surface area (Å²) in [5.74, 6) is 0. The quantitative estimate of drug-likeness (QED) is 0.414. The average molecular weight is 110 g/mol. The van der Waals surface area contributed by atoms with Gasteiger partial charge in [0.2, 0.25) is 0 Å². The summed E-state index contributed by atoms with van der Waals surface area (Å²) < 4.78 is 0. The van der Waals surface area contributed by atoms with Crippen molar-refractivity contribution in [1.82, 2.24) is 0 Å². The second-order valence-electron chi connectivity index (χ2n) is 1.40. The van der Waals surface area contributed by atoms with Crippen molar-refractivity contribution in [1.29, 1.82) is 5.41 Å². The van der Waals surface area contributed by atoms with Gasteiger partial charge in [0.1, 0.15) is 0 Å². The van der Waals surface area contributed by atoms with Crippen molar-refractivity contribution in [3.05, 3.63) is 24.4 Å². The highest BCUT2D eigenvalue weighted by Crippen LogP contribution is 1.88. The van der Waals surface area contributed by atoms with Crippen LogP contribution in [0.5, 0.6) is 0 Å². The first-order valence-electron chi connectivity index (χ1n) is 2.37. The molecule has 0 rings (SSSR count). The van der Waals surface area contributed by atoms with E-state index in [-0.39, 0.29) is 0 Å². The van der Waals surface area contributed by atoms with Crippen LogP contribution in [0.4, 0.5) is 0 Å². The smallest absolute Gasteiger partial charge is 0.0194 e. The Morgan fingerprint density at radius 2 is 2.38 bits per heavy atom. The highest BCUT2D eigenvalue weighted by atomic mass is 14.6. The largest absolute Gasteiger partial charge is 0.402 e. The molecule has 0 aromatic heterocycles.